The van der Waals surface area contributed by atoms with E-state index in [1.54, 1.807) is 0 Å². The van der Waals surface area contributed by atoms with Gasteiger partial charge in [-0.3, -0.25) is 0 Å². The Morgan fingerprint density at radius 3 is 2.00 bits per heavy atom. The summed E-state index contributed by atoms with van der Waals surface area (Å²) in [5.41, 5.74) is 0. The van der Waals surface area contributed by atoms with Crippen LogP contribution in [0.4, 0.5) is 0 Å². The molecule has 0 aromatic carbocycles. The van der Waals surface area contributed by atoms with Crippen molar-refractivity contribution in [1.82, 2.24) is 5.32 Å². The molecule has 1 saturated heterocycles. The molecule has 0 saturated carbocycles. The summed E-state index contributed by atoms with van der Waals surface area (Å²) in [6.45, 7) is 2.38. The van der Waals surface area contributed by atoms with Gasteiger partial charge in [0.05, 0.1) is 0 Å². The first-order valence-electron chi connectivity index (χ1n) is 3.69. The minimum atomic E-state index is 0.844. The van der Waals surface area contributed by atoms with Crippen molar-refractivity contribution >= 4 is 31.9 Å². The van der Waals surface area contributed by atoms with Crippen molar-refractivity contribution in [3.63, 3.8) is 0 Å². The summed E-state index contributed by atoms with van der Waals surface area (Å²) in [6, 6.07) is 0. The Balaban J connectivity index is 2.25. The molecule has 0 amide bonds. The van der Waals surface area contributed by atoms with Crippen LogP contribution in [-0.2, 0) is 0 Å². The second kappa shape index (κ2) is 4.73. The van der Waals surface area contributed by atoms with E-state index in [-0.39, 0.29) is 0 Å². The van der Waals surface area contributed by atoms with E-state index in [4.69, 9.17) is 0 Å². The van der Waals surface area contributed by atoms with E-state index in [0.717, 1.165) is 22.5 Å². The predicted octanol–water partition coefficient (Wildman–Crippen LogP) is 2.00. The molecule has 1 rings (SSSR count). The van der Waals surface area contributed by atoms with Gasteiger partial charge in [0.25, 0.3) is 0 Å². The zero-order valence-corrected chi connectivity index (χ0v) is 9.12. The highest BCUT2D eigenvalue weighted by atomic mass is 79.9. The van der Waals surface area contributed by atoms with Crippen LogP contribution in [0, 0.1) is 11.8 Å². The first kappa shape index (κ1) is 9.01. The summed E-state index contributed by atoms with van der Waals surface area (Å²) in [4.78, 5) is 0. The van der Waals surface area contributed by atoms with E-state index in [0.29, 0.717) is 0 Å². The number of alkyl halides is 2. The molecule has 1 aliphatic rings. The first-order chi connectivity index (χ1) is 4.86. The van der Waals surface area contributed by atoms with Crippen molar-refractivity contribution in [3.8, 4) is 0 Å². The van der Waals surface area contributed by atoms with Gasteiger partial charge in [-0.2, -0.15) is 0 Å². The van der Waals surface area contributed by atoms with Crippen molar-refractivity contribution in [1.29, 1.82) is 0 Å². The van der Waals surface area contributed by atoms with Crippen LogP contribution in [0.15, 0.2) is 0 Å². The molecule has 0 aromatic heterocycles. The van der Waals surface area contributed by atoms with Gasteiger partial charge >= 0.3 is 0 Å². The summed E-state index contributed by atoms with van der Waals surface area (Å²) in [6.07, 6.45) is 1.36. The van der Waals surface area contributed by atoms with Gasteiger partial charge in [0, 0.05) is 10.7 Å². The molecule has 1 N–H and O–H groups in total. The third kappa shape index (κ3) is 2.51. The highest BCUT2D eigenvalue weighted by molar-refractivity contribution is 9.09. The monoisotopic (exact) mass is 269 g/mol. The lowest BCUT2D eigenvalue weighted by atomic mass is 9.93. The van der Waals surface area contributed by atoms with E-state index in [1.807, 2.05) is 0 Å². The number of halogens is 2. The molecule has 0 spiro atoms. The molecule has 1 fully saturated rings. The lowest BCUT2D eigenvalue weighted by Gasteiger charge is -2.27. The lowest BCUT2D eigenvalue weighted by Crippen LogP contribution is -2.37. The molecule has 0 bridgehead atoms. The molecular formula is C7H13Br2N. The molecule has 1 aliphatic heterocycles. The summed E-state index contributed by atoms with van der Waals surface area (Å²) in [5, 5.41) is 5.71. The third-order valence-corrected chi connectivity index (χ3v) is 3.80. The van der Waals surface area contributed by atoms with Gasteiger partial charge in [-0.15, -0.1) is 0 Å². The van der Waals surface area contributed by atoms with E-state index >= 15 is 0 Å². The molecule has 60 valence electrons. The molecule has 0 aliphatic carbocycles. The maximum absolute atomic E-state index is 3.51. The highest BCUT2D eigenvalue weighted by Gasteiger charge is 2.19. The van der Waals surface area contributed by atoms with Crippen LogP contribution in [0.3, 0.4) is 0 Å². The molecule has 10 heavy (non-hydrogen) atoms. The molecule has 1 heterocycles. The Hall–Kier alpha value is 0.920. The van der Waals surface area contributed by atoms with Crippen LogP contribution in [0.2, 0.25) is 0 Å². The lowest BCUT2D eigenvalue weighted by molar-refractivity contribution is 0.332. The topological polar surface area (TPSA) is 12.0 Å². The van der Waals surface area contributed by atoms with Crippen molar-refractivity contribution in [3.05, 3.63) is 0 Å². The number of rotatable bonds is 2. The Morgan fingerprint density at radius 1 is 1.10 bits per heavy atom. The Labute approximate surface area is 79.2 Å². The molecule has 0 aromatic rings. The van der Waals surface area contributed by atoms with Gasteiger partial charge in [-0.1, -0.05) is 31.9 Å². The van der Waals surface area contributed by atoms with Gasteiger partial charge in [0.1, 0.15) is 0 Å². The smallest absolute Gasteiger partial charge is 0.00719 e. The minimum absolute atomic E-state index is 0.844. The zero-order valence-electron chi connectivity index (χ0n) is 5.95. The maximum atomic E-state index is 3.51. The van der Waals surface area contributed by atoms with E-state index in [2.05, 4.69) is 37.2 Å². The fourth-order valence-corrected chi connectivity index (χ4v) is 2.35. The van der Waals surface area contributed by atoms with Gasteiger partial charge in [0.15, 0.2) is 0 Å². The molecule has 3 heteroatoms. The standard InChI is InChI=1S/C7H13Br2N/c8-2-6-1-7(3-9)5-10-4-6/h6-7,10H,1-5H2. The van der Waals surface area contributed by atoms with Gasteiger partial charge in [0.2, 0.25) is 0 Å². The molecule has 2 unspecified atom stereocenters. The normalized spacial score (nSPS) is 34.2. The second-order valence-corrected chi connectivity index (χ2v) is 4.23. The molecule has 1 nitrogen and oxygen atoms in total. The minimum Gasteiger partial charge on any atom is -0.316 e. The third-order valence-electron chi connectivity index (χ3n) is 1.97. The van der Waals surface area contributed by atoms with E-state index < -0.39 is 0 Å². The molecule has 0 radical (unpaired) electrons. The number of hydrogen-bond donors (Lipinski definition) is 1. The number of hydrogen-bond acceptors (Lipinski definition) is 1. The first-order valence-corrected chi connectivity index (χ1v) is 5.93. The summed E-state index contributed by atoms with van der Waals surface area (Å²) >= 11 is 7.02. The van der Waals surface area contributed by atoms with Crippen LogP contribution < -0.4 is 5.32 Å². The van der Waals surface area contributed by atoms with Gasteiger partial charge < -0.3 is 5.32 Å². The molecule has 2 atom stereocenters. The Morgan fingerprint density at radius 2 is 1.60 bits per heavy atom. The van der Waals surface area contributed by atoms with Crippen LogP contribution in [0.1, 0.15) is 6.42 Å². The van der Waals surface area contributed by atoms with E-state index in [9.17, 15) is 0 Å². The summed E-state index contributed by atoms with van der Waals surface area (Å²) < 4.78 is 0. The van der Waals surface area contributed by atoms with Gasteiger partial charge in [-0.05, 0) is 31.3 Å². The average molecular weight is 271 g/mol. The number of piperidine rings is 1. The van der Waals surface area contributed by atoms with E-state index in [1.165, 1.54) is 19.5 Å². The van der Waals surface area contributed by atoms with Crippen LogP contribution in [0.25, 0.3) is 0 Å². The fourth-order valence-electron chi connectivity index (χ4n) is 1.36. The van der Waals surface area contributed by atoms with Crippen LogP contribution in [0.5, 0.6) is 0 Å². The van der Waals surface area contributed by atoms with Crippen molar-refractivity contribution < 1.29 is 0 Å². The highest BCUT2D eigenvalue weighted by Crippen LogP contribution is 2.19. The zero-order chi connectivity index (χ0) is 7.40. The Kier molecular flexibility index (Phi) is 4.26. The van der Waals surface area contributed by atoms with Gasteiger partial charge in [-0.25, -0.2) is 0 Å². The second-order valence-electron chi connectivity index (χ2n) is 2.93. The van der Waals surface area contributed by atoms with Crippen molar-refractivity contribution in [2.75, 3.05) is 23.7 Å². The fraction of sp³-hybridized carbons (Fsp3) is 1.00. The largest absolute Gasteiger partial charge is 0.316 e. The summed E-state index contributed by atoms with van der Waals surface area (Å²) in [5.74, 6) is 1.69. The number of nitrogens with one attached hydrogen (secondary N) is 1. The SMILES string of the molecule is BrCC1CNCC(CBr)C1. The molecular weight excluding hydrogens is 258 g/mol. The van der Waals surface area contributed by atoms with Crippen LogP contribution >= 0.6 is 31.9 Å². The van der Waals surface area contributed by atoms with Crippen molar-refractivity contribution in [2.45, 2.75) is 6.42 Å². The maximum Gasteiger partial charge on any atom is 0.00719 e. The quantitative estimate of drug-likeness (QED) is 0.757. The Bertz CT molecular complexity index is 87.6. The summed E-state index contributed by atoms with van der Waals surface area (Å²) in [7, 11) is 0. The van der Waals surface area contributed by atoms with Crippen molar-refractivity contribution in [2.24, 2.45) is 11.8 Å². The predicted molar refractivity (Wildman–Crippen MR) is 52.1 cm³/mol. The van der Waals surface area contributed by atoms with Crippen LogP contribution in [-0.4, -0.2) is 23.7 Å². The average Bonchev–Trinajstić information content (AvgIpc) is 2.05.